The maximum Gasteiger partial charge on any atom is 0.0841 e. The van der Waals surface area contributed by atoms with Crippen molar-refractivity contribution in [3.05, 3.63) is 4.91 Å². The van der Waals surface area contributed by atoms with Gasteiger partial charge in [0.25, 0.3) is 0 Å². The molecule has 7 heavy (non-hydrogen) atoms. The highest BCUT2D eigenvalue weighted by Gasteiger charge is 2.32. The summed E-state index contributed by atoms with van der Waals surface area (Å²) in [4.78, 5) is 9.55. The molecule has 1 rings (SSSR count). The lowest BCUT2D eigenvalue weighted by molar-refractivity contribution is 0.758. The Morgan fingerprint density at radius 3 is 2.57 bits per heavy atom. The lowest BCUT2D eigenvalue weighted by Gasteiger charge is -1.78. The molecule has 2 heteroatoms. The fourth-order valence-electron chi connectivity index (χ4n) is 0.749. The lowest BCUT2D eigenvalue weighted by atomic mass is 10.3. The summed E-state index contributed by atoms with van der Waals surface area (Å²) in [5.41, 5.74) is 0. The summed E-state index contributed by atoms with van der Waals surface area (Å²) in [6, 6.07) is 0. The third-order valence-corrected chi connectivity index (χ3v) is 1.59. The molecule has 40 valence electrons. The highest BCUT2D eigenvalue weighted by Crippen LogP contribution is 2.37. The van der Waals surface area contributed by atoms with Crippen LogP contribution in [0.4, 0.5) is 0 Å². The summed E-state index contributed by atoms with van der Waals surface area (Å²) >= 11 is 0. The van der Waals surface area contributed by atoms with Gasteiger partial charge in [0.05, 0.1) is 6.54 Å². The second kappa shape index (κ2) is 1.60. The number of nitrogens with zero attached hydrogens (tertiary/aromatic N) is 1. The Kier molecular flexibility index (Phi) is 1.09. The molecule has 0 spiro atoms. The quantitative estimate of drug-likeness (QED) is 0.481. The zero-order valence-electron chi connectivity index (χ0n) is 4.42. The highest BCUT2D eigenvalue weighted by atomic mass is 16.3. The zero-order valence-corrected chi connectivity index (χ0v) is 4.42. The Hall–Kier alpha value is -0.400. The second-order valence-electron chi connectivity index (χ2n) is 2.28. The molecule has 0 N–H and O–H groups in total. The fraction of sp³-hybridized carbons (Fsp3) is 1.00. The van der Waals surface area contributed by atoms with E-state index in [1.807, 2.05) is 0 Å². The van der Waals surface area contributed by atoms with Crippen molar-refractivity contribution in [1.82, 2.24) is 0 Å². The fourth-order valence-corrected chi connectivity index (χ4v) is 0.749. The van der Waals surface area contributed by atoms with Crippen LogP contribution in [0.5, 0.6) is 0 Å². The molecule has 0 aliphatic heterocycles. The smallest absolute Gasteiger partial charge is 0.0841 e. The average molecular weight is 99.1 g/mol. The Morgan fingerprint density at radius 2 is 2.43 bits per heavy atom. The molecule has 1 aliphatic rings. The van der Waals surface area contributed by atoms with Crippen molar-refractivity contribution in [2.45, 2.75) is 13.3 Å². The number of hydrogen-bond acceptors (Lipinski definition) is 2. The van der Waals surface area contributed by atoms with Gasteiger partial charge in [-0.05, 0) is 18.3 Å². The molecule has 0 saturated heterocycles. The topological polar surface area (TPSA) is 29.4 Å². The van der Waals surface area contributed by atoms with Crippen LogP contribution < -0.4 is 0 Å². The Morgan fingerprint density at radius 1 is 1.86 bits per heavy atom. The first kappa shape index (κ1) is 4.75. The van der Waals surface area contributed by atoms with Gasteiger partial charge in [-0.1, -0.05) is 12.1 Å². The molecule has 2 nitrogen and oxygen atoms in total. The van der Waals surface area contributed by atoms with Crippen molar-refractivity contribution >= 4 is 0 Å². The monoisotopic (exact) mass is 99.1 g/mol. The molecule has 0 aromatic heterocycles. The van der Waals surface area contributed by atoms with Crippen LogP contribution in [0.25, 0.3) is 0 Å². The first-order valence-electron chi connectivity index (χ1n) is 2.63. The van der Waals surface area contributed by atoms with Gasteiger partial charge in [0.1, 0.15) is 0 Å². The predicted molar refractivity (Wildman–Crippen MR) is 27.9 cm³/mol. The first-order valence-corrected chi connectivity index (χ1v) is 2.63. The number of nitroso groups, excluding NO2 is 1. The largest absolute Gasteiger partial charge is 0.151 e. The maximum absolute atomic E-state index is 9.55. The van der Waals surface area contributed by atoms with E-state index in [-0.39, 0.29) is 0 Å². The second-order valence-corrected chi connectivity index (χ2v) is 2.28. The molecule has 1 saturated carbocycles. The van der Waals surface area contributed by atoms with E-state index in [2.05, 4.69) is 12.1 Å². The molecule has 0 amide bonds. The highest BCUT2D eigenvalue weighted by molar-refractivity contribution is 4.83. The summed E-state index contributed by atoms with van der Waals surface area (Å²) < 4.78 is 0. The van der Waals surface area contributed by atoms with Crippen molar-refractivity contribution in [3.63, 3.8) is 0 Å². The third-order valence-electron chi connectivity index (χ3n) is 1.59. The van der Waals surface area contributed by atoms with Crippen LogP contribution >= 0.6 is 0 Å². The van der Waals surface area contributed by atoms with Crippen molar-refractivity contribution in [2.75, 3.05) is 6.54 Å². The van der Waals surface area contributed by atoms with Gasteiger partial charge >= 0.3 is 0 Å². The van der Waals surface area contributed by atoms with E-state index in [1.54, 1.807) is 0 Å². The molecule has 0 aromatic rings. The zero-order chi connectivity index (χ0) is 5.28. The van der Waals surface area contributed by atoms with Gasteiger partial charge < -0.3 is 0 Å². The molecule has 0 bridgehead atoms. The van der Waals surface area contributed by atoms with E-state index >= 15 is 0 Å². The summed E-state index contributed by atoms with van der Waals surface area (Å²) in [5, 5.41) is 2.80. The van der Waals surface area contributed by atoms with Crippen LogP contribution in [0.15, 0.2) is 5.18 Å². The van der Waals surface area contributed by atoms with E-state index in [0.29, 0.717) is 12.5 Å². The Balaban J connectivity index is 2.08. The minimum atomic E-state index is 0.543. The van der Waals surface area contributed by atoms with Crippen LogP contribution in [0.1, 0.15) is 13.3 Å². The maximum atomic E-state index is 9.55. The molecule has 1 unspecified atom stereocenters. The van der Waals surface area contributed by atoms with Crippen molar-refractivity contribution in [1.29, 1.82) is 0 Å². The minimum absolute atomic E-state index is 0.543. The van der Waals surface area contributed by atoms with Gasteiger partial charge in [0.2, 0.25) is 0 Å². The third kappa shape index (κ3) is 0.981. The van der Waals surface area contributed by atoms with Crippen LogP contribution in [0.2, 0.25) is 0 Å². The average Bonchev–Trinajstić information content (AvgIpc) is 2.22. The van der Waals surface area contributed by atoms with Crippen molar-refractivity contribution in [2.24, 2.45) is 17.0 Å². The normalized spacial score (nSPS) is 37.9. The van der Waals surface area contributed by atoms with Gasteiger partial charge in [-0.3, -0.25) is 0 Å². The Bertz CT molecular complexity index is 82.1. The molecular weight excluding hydrogens is 90.1 g/mol. The first-order chi connectivity index (χ1) is 3.34. The van der Waals surface area contributed by atoms with Gasteiger partial charge in [-0.2, -0.15) is 4.91 Å². The van der Waals surface area contributed by atoms with E-state index in [4.69, 9.17) is 0 Å². The molecule has 1 fully saturated rings. The Labute approximate surface area is 42.9 Å². The standard InChI is InChI=1S/C5H9NO/c1-4-2-5(4)3-6-7/h4-5H,2-3H2,1H3/t4-,5?/m1/s1. The van der Waals surface area contributed by atoms with Crippen LogP contribution in [-0.2, 0) is 0 Å². The predicted octanol–water partition coefficient (Wildman–Crippen LogP) is 1.41. The van der Waals surface area contributed by atoms with Crippen LogP contribution in [0, 0.1) is 16.7 Å². The lowest BCUT2D eigenvalue weighted by Crippen LogP contribution is -1.80. The summed E-state index contributed by atoms with van der Waals surface area (Å²) in [6.45, 7) is 2.69. The van der Waals surface area contributed by atoms with Gasteiger partial charge in [0, 0.05) is 0 Å². The number of hydrogen-bond donors (Lipinski definition) is 0. The molecule has 1 aliphatic carbocycles. The van der Waals surface area contributed by atoms with Gasteiger partial charge in [-0.25, -0.2) is 0 Å². The van der Waals surface area contributed by atoms with Crippen molar-refractivity contribution in [3.8, 4) is 0 Å². The molecule has 2 atom stereocenters. The number of rotatable bonds is 2. The molecule has 0 radical (unpaired) electrons. The van der Waals surface area contributed by atoms with Gasteiger partial charge in [0.15, 0.2) is 0 Å². The summed E-state index contributed by atoms with van der Waals surface area (Å²) in [5.74, 6) is 1.41. The van der Waals surface area contributed by atoms with E-state index in [0.717, 1.165) is 5.92 Å². The molecule has 0 heterocycles. The SMILES string of the molecule is C[C@@H]1CC1CN=O. The van der Waals surface area contributed by atoms with Crippen LogP contribution in [0.3, 0.4) is 0 Å². The van der Waals surface area contributed by atoms with E-state index in [9.17, 15) is 4.91 Å². The van der Waals surface area contributed by atoms with E-state index < -0.39 is 0 Å². The molecular formula is C5H9NO. The molecule has 0 aromatic carbocycles. The van der Waals surface area contributed by atoms with Crippen molar-refractivity contribution < 1.29 is 0 Å². The minimum Gasteiger partial charge on any atom is -0.151 e. The van der Waals surface area contributed by atoms with Gasteiger partial charge in [-0.15, -0.1) is 0 Å². The summed E-state index contributed by atoms with van der Waals surface area (Å²) in [6.07, 6.45) is 1.21. The van der Waals surface area contributed by atoms with Crippen LogP contribution in [-0.4, -0.2) is 6.54 Å². The summed E-state index contributed by atoms with van der Waals surface area (Å²) in [7, 11) is 0. The van der Waals surface area contributed by atoms with E-state index in [1.165, 1.54) is 6.42 Å².